The number of aliphatic carboxylic acids is 1. The average Bonchev–Trinajstić information content (AvgIpc) is 2.97. The number of carbonyl (C=O) groups is 2. The molecule has 0 saturated carbocycles. The van der Waals surface area contributed by atoms with Gasteiger partial charge in [0.15, 0.2) is 0 Å². The Morgan fingerprint density at radius 2 is 1.96 bits per heavy atom. The lowest BCUT2D eigenvalue weighted by atomic mass is 10.1. The molecular weight excluding hydrogens is 412 g/mol. The minimum absolute atomic E-state index is 0.00211. The van der Waals surface area contributed by atoms with Gasteiger partial charge in [-0.15, -0.1) is 0 Å². The first-order chi connectivity index (χ1) is 11.7. The number of piperidine rings is 1. The number of halogens is 1. The fraction of sp³-hybridized carbons (Fsp3) is 0.500. The molecule has 1 atom stereocenters. The van der Waals surface area contributed by atoms with Crippen LogP contribution >= 0.6 is 15.9 Å². The third kappa shape index (κ3) is 3.20. The predicted molar refractivity (Wildman–Crippen MR) is 95.0 cm³/mol. The smallest absolute Gasteiger partial charge is 0.322 e. The highest BCUT2D eigenvalue weighted by molar-refractivity contribution is 9.10. The summed E-state index contributed by atoms with van der Waals surface area (Å²) >= 11 is 3.33. The van der Waals surface area contributed by atoms with Gasteiger partial charge >= 0.3 is 5.97 Å². The highest BCUT2D eigenvalue weighted by Gasteiger charge is 2.41. The second-order valence-corrected chi connectivity index (χ2v) is 9.07. The number of fused-ring (bicyclic) bond motifs is 1. The zero-order valence-corrected chi connectivity index (χ0v) is 16.1. The van der Waals surface area contributed by atoms with Crippen molar-refractivity contribution >= 4 is 43.5 Å². The first-order valence-corrected chi connectivity index (χ1v) is 10.3. The Labute approximate surface area is 154 Å². The van der Waals surface area contributed by atoms with E-state index in [0.29, 0.717) is 42.4 Å². The molecular formula is C16H19BrN2O5S. The van der Waals surface area contributed by atoms with Gasteiger partial charge in [-0.3, -0.25) is 9.59 Å². The number of carbonyl (C=O) groups excluding carboxylic acids is 1. The van der Waals surface area contributed by atoms with Gasteiger partial charge in [0, 0.05) is 24.5 Å². The summed E-state index contributed by atoms with van der Waals surface area (Å²) in [7, 11) is -4.04. The van der Waals surface area contributed by atoms with Gasteiger partial charge in [0.2, 0.25) is 15.9 Å². The number of rotatable bonds is 3. The molecule has 0 radical (unpaired) electrons. The number of nitrogens with zero attached hydrogens (tertiary/aromatic N) is 2. The molecule has 1 N–H and O–H groups in total. The summed E-state index contributed by atoms with van der Waals surface area (Å²) in [5.41, 5.74) is 1.15. The number of carboxylic acids is 1. The van der Waals surface area contributed by atoms with E-state index in [0.717, 1.165) is 9.87 Å². The molecule has 25 heavy (non-hydrogen) atoms. The van der Waals surface area contributed by atoms with Crippen molar-refractivity contribution in [3.8, 4) is 0 Å². The summed E-state index contributed by atoms with van der Waals surface area (Å²) in [6.07, 6.45) is 2.16. The summed E-state index contributed by atoms with van der Waals surface area (Å²) in [4.78, 5) is 24.9. The van der Waals surface area contributed by atoms with E-state index in [1.54, 1.807) is 0 Å². The molecule has 136 valence electrons. The van der Waals surface area contributed by atoms with Crippen LogP contribution < -0.4 is 4.90 Å². The maximum absolute atomic E-state index is 13.3. The Morgan fingerprint density at radius 1 is 1.24 bits per heavy atom. The van der Waals surface area contributed by atoms with Gasteiger partial charge in [0.25, 0.3) is 0 Å². The summed E-state index contributed by atoms with van der Waals surface area (Å²) < 4.78 is 28.2. The SMILES string of the molecule is CC(=O)N1CCc2cc(Br)cc(S(=O)(=O)N3CCCC[C@@H]3C(=O)O)c21. The summed E-state index contributed by atoms with van der Waals surface area (Å²) in [5, 5.41) is 9.43. The van der Waals surface area contributed by atoms with Crippen molar-refractivity contribution in [2.45, 2.75) is 43.5 Å². The van der Waals surface area contributed by atoms with Crippen LogP contribution in [-0.2, 0) is 26.0 Å². The van der Waals surface area contributed by atoms with Crippen LogP contribution in [0.1, 0.15) is 31.7 Å². The summed E-state index contributed by atoms with van der Waals surface area (Å²) in [5.74, 6) is -1.37. The zero-order valence-electron chi connectivity index (χ0n) is 13.7. The predicted octanol–water partition coefficient (Wildman–Crippen LogP) is 1.99. The molecule has 1 fully saturated rings. The minimum Gasteiger partial charge on any atom is -0.480 e. The van der Waals surface area contributed by atoms with Crippen molar-refractivity contribution in [2.75, 3.05) is 18.0 Å². The number of benzene rings is 1. The number of hydrogen-bond donors (Lipinski definition) is 1. The Morgan fingerprint density at radius 3 is 2.60 bits per heavy atom. The molecule has 0 bridgehead atoms. The third-order valence-electron chi connectivity index (χ3n) is 4.70. The first kappa shape index (κ1) is 18.3. The normalized spacial score (nSPS) is 21.2. The minimum atomic E-state index is -4.04. The Kier molecular flexibility index (Phi) is 4.91. The van der Waals surface area contributed by atoms with Crippen molar-refractivity contribution < 1.29 is 23.1 Å². The summed E-state index contributed by atoms with van der Waals surface area (Å²) in [6, 6.07) is 2.20. The van der Waals surface area contributed by atoms with Crippen molar-refractivity contribution in [3.63, 3.8) is 0 Å². The van der Waals surface area contributed by atoms with Gasteiger partial charge in [0.1, 0.15) is 10.9 Å². The molecule has 2 heterocycles. The van der Waals surface area contributed by atoms with Crippen LogP contribution in [0.3, 0.4) is 0 Å². The maximum Gasteiger partial charge on any atom is 0.322 e. The first-order valence-electron chi connectivity index (χ1n) is 8.08. The maximum atomic E-state index is 13.3. The number of amides is 1. The monoisotopic (exact) mass is 430 g/mol. The molecule has 9 heteroatoms. The van der Waals surface area contributed by atoms with Gasteiger partial charge in [-0.05, 0) is 43.4 Å². The van der Waals surface area contributed by atoms with E-state index in [1.807, 2.05) is 6.07 Å². The third-order valence-corrected chi connectivity index (χ3v) is 7.08. The Bertz CT molecular complexity index is 839. The molecule has 1 aromatic rings. The molecule has 1 aromatic carbocycles. The van der Waals surface area contributed by atoms with E-state index in [1.165, 1.54) is 17.9 Å². The highest BCUT2D eigenvalue weighted by atomic mass is 79.9. The number of sulfonamides is 1. The van der Waals surface area contributed by atoms with E-state index in [-0.39, 0.29) is 17.3 Å². The zero-order chi connectivity index (χ0) is 18.4. The standard InChI is InChI=1S/C16H19BrN2O5S/c1-10(20)18-7-5-11-8-12(17)9-14(15(11)18)25(23,24)19-6-3-2-4-13(19)16(21)22/h8-9,13H,2-7H2,1H3,(H,21,22)/t13-/m1/s1. The molecule has 1 saturated heterocycles. The number of anilines is 1. The van der Waals surface area contributed by atoms with E-state index in [4.69, 9.17) is 0 Å². The molecule has 0 aliphatic carbocycles. The molecule has 2 aliphatic rings. The molecule has 0 unspecified atom stereocenters. The fourth-order valence-electron chi connectivity index (χ4n) is 3.55. The van der Waals surface area contributed by atoms with Crippen molar-refractivity contribution in [1.82, 2.24) is 4.31 Å². The largest absolute Gasteiger partial charge is 0.480 e. The quantitative estimate of drug-likeness (QED) is 0.790. The number of carboxylic acid groups (broad SMARTS) is 1. The van der Waals surface area contributed by atoms with Crippen LogP contribution in [-0.4, -0.2) is 48.8 Å². The fourth-order valence-corrected chi connectivity index (χ4v) is 6.12. The molecule has 3 rings (SSSR count). The highest BCUT2D eigenvalue weighted by Crippen LogP contribution is 2.40. The second-order valence-electron chi connectivity index (χ2n) is 6.30. The van der Waals surface area contributed by atoms with Gasteiger partial charge in [-0.2, -0.15) is 4.31 Å². The molecule has 7 nitrogen and oxygen atoms in total. The van der Waals surface area contributed by atoms with Crippen molar-refractivity contribution in [3.05, 3.63) is 22.2 Å². The van der Waals surface area contributed by atoms with E-state index >= 15 is 0 Å². The molecule has 2 aliphatic heterocycles. The number of hydrogen-bond acceptors (Lipinski definition) is 4. The molecule has 0 spiro atoms. The average molecular weight is 431 g/mol. The van der Waals surface area contributed by atoms with Gasteiger partial charge < -0.3 is 10.0 Å². The molecule has 1 amide bonds. The van der Waals surface area contributed by atoms with Crippen molar-refractivity contribution in [1.29, 1.82) is 0 Å². The van der Waals surface area contributed by atoms with Gasteiger partial charge in [0.05, 0.1) is 5.69 Å². The summed E-state index contributed by atoms with van der Waals surface area (Å²) in [6.45, 7) is 1.99. The van der Waals surface area contributed by atoms with Crippen molar-refractivity contribution in [2.24, 2.45) is 0 Å². The van der Waals surface area contributed by atoms with Crippen LogP contribution in [0.25, 0.3) is 0 Å². The van der Waals surface area contributed by atoms with Crippen LogP contribution in [0.15, 0.2) is 21.5 Å². The van der Waals surface area contributed by atoms with Crippen LogP contribution in [0.2, 0.25) is 0 Å². The van der Waals surface area contributed by atoms with E-state index < -0.39 is 22.0 Å². The molecule has 0 aromatic heterocycles. The second kappa shape index (κ2) is 6.69. The topological polar surface area (TPSA) is 95.0 Å². The van der Waals surface area contributed by atoms with Crippen LogP contribution in [0, 0.1) is 0 Å². The lowest BCUT2D eigenvalue weighted by Crippen LogP contribution is -2.48. The Balaban J connectivity index is 2.15. The van der Waals surface area contributed by atoms with E-state index in [2.05, 4.69) is 15.9 Å². The van der Waals surface area contributed by atoms with E-state index in [9.17, 15) is 23.1 Å². The lowest BCUT2D eigenvalue weighted by molar-refractivity contribution is -0.142. The van der Waals surface area contributed by atoms with Crippen LogP contribution in [0.4, 0.5) is 5.69 Å². The van der Waals surface area contributed by atoms with Crippen LogP contribution in [0.5, 0.6) is 0 Å². The lowest BCUT2D eigenvalue weighted by Gasteiger charge is -2.33. The Hall–Kier alpha value is -1.45. The van der Waals surface area contributed by atoms with Gasteiger partial charge in [-0.25, -0.2) is 8.42 Å². The van der Waals surface area contributed by atoms with Gasteiger partial charge in [-0.1, -0.05) is 15.9 Å².